The van der Waals surface area contributed by atoms with Gasteiger partial charge in [-0.2, -0.15) is 0 Å². The highest BCUT2D eigenvalue weighted by molar-refractivity contribution is 6.30. The van der Waals surface area contributed by atoms with Gasteiger partial charge in [0.05, 0.1) is 13.2 Å². The van der Waals surface area contributed by atoms with E-state index in [-0.39, 0.29) is 11.2 Å². The molecule has 0 bridgehead atoms. The van der Waals surface area contributed by atoms with Crippen LogP contribution in [0.1, 0.15) is 18.4 Å². The lowest BCUT2D eigenvalue weighted by atomic mass is 9.77. The summed E-state index contributed by atoms with van der Waals surface area (Å²) < 4.78 is 24.8. The summed E-state index contributed by atoms with van der Waals surface area (Å²) in [5.41, 5.74) is 0.652. The van der Waals surface area contributed by atoms with Crippen molar-refractivity contribution < 1.29 is 13.9 Å². The lowest BCUT2D eigenvalue weighted by Gasteiger charge is -2.37. The molecule has 1 saturated heterocycles. The van der Waals surface area contributed by atoms with Crippen molar-refractivity contribution >= 4 is 11.6 Å². The summed E-state index contributed by atoms with van der Waals surface area (Å²) in [5.74, 6) is -0.232. The quantitative estimate of drug-likeness (QED) is 0.785. The van der Waals surface area contributed by atoms with E-state index in [1.54, 1.807) is 19.2 Å². The maximum Gasteiger partial charge on any atom is 0.127 e. The van der Waals surface area contributed by atoms with Crippen molar-refractivity contribution in [3.63, 3.8) is 0 Å². The molecule has 0 amide bonds. The van der Waals surface area contributed by atoms with Crippen molar-refractivity contribution in [2.75, 3.05) is 40.0 Å². The third-order valence-electron chi connectivity index (χ3n) is 3.97. The normalized spacial score (nSPS) is 22.4. The van der Waals surface area contributed by atoms with Gasteiger partial charge in [0.1, 0.15) is 5.82 Å². The van der Waals surface area contributed by atoms with Gasteiger partial charge in [0.2, 0.25) is 0 Å². The summed E-state index contributed by atoms with van der Waals surface area (Å²) in [6.07, 6.45) is 2.71. The Bertz CT molecular complexity index is 450. The van der Waals surface area contributed by atoms with Gasteiger partial charge in [-0.15, -0.1) is 0 Å². The Morgan fingerprint density at radius 1 is 1.48 bits per heavy atom. The zero-order chi connectivity index (χ0) is 15.1. The van der Waals surface area contributed by atoms with Gasteiger partial charge in [0, 0.05) is 37.2 Å². The second-order valence-electron chi connectivity index (χ2n) is 5.74. The third kappa shape index (κ3) is 4.92. The lowest BCUT2D eigenvalue weighted by molar-refractivity contribution is -0.00807. The molecule has 0 radical (unpaired) electrons. The zero-order valence-corrected chi connectivity index (χ0v) is 13.2. The van der Waals surface area contributed by atoms with E-state index in [4.69, 9.17) is 21.1 Å². The summed E-state index contributed by atoms with van der Waals surface area (Å²) >= 11 is 5.82. The van der Waals surface area contributed by atoms with E-state index in [0.717, 1.165) is 32.5 Å². The van der Waals surface area contributed by atoms with E-state index < -0.39 is 0 Å². The van der Waals surface area contributed by atoms with Gasteiger partial charge >= 0.3 is 0 Å². The van der Waals surface area contributed by atoms with Gasteiger partial charge in [-0.25, -0.2) is 4.39 Å². The summed E-state index contributed by atoms with van der Waals surface area (Å²) in [6, 6.07) is 4.91. The molecule has 118 valence electrons. The van der Waals surface area contributed by atoms with Crippen LogP contribution in [0.15, 0.2) is 18.2 Å². The van der Waals surface area contributed by atoms with Crippen LogP contribution in [-0.4, -0.2) is 40.0 Å². The van der Waals surface area contributed by atoms with Crippen LogP contribution >= 0.6 is 11.6 Å². The third-order valence-corrected chi connectivity index (χ3v) is 4.20. The molecule has 5 heteroatoms. The van der Waals surface area contributed by atoms with Crippen LogP contribution in [0, 0.1) is 11.2 Å². The first-order chi connectivity index (χ1) is 10.2. The summed E-state index contributed by atoms with van der Waals surface area (Å²) in [7, 11) is 1.68. The maximum atomic E-state index is 14.1. The highest BCUT2D eigenvalue weighted by Gasteiger charge is 2.33. The minimum Gasteiger partial charge on any atom is -0.383 e. The smallest absolute Gasteiger partial charge is 0.127 e. The number of nitrogens with one attached hydrogen (secondary N) is 1. The van der Waals surface area contributed by atoms with Crippen molar-refractivity contribution in [1.29, 1.82) is 0 Å². The van der Waals surface area contributed by atoms with Crippen molar-refractivity contribution in [2.24, 2.45) is 5.41 Å². The van der Waals surface area contributed by atoms with Crippen LogP contribution in [0.4, 0.5) is 4.39 Å². The van der Waals surface area contributed by atoms with E-state index in [2.05, 4.69) is 5.32 Å². The van der Waals surface area contributed by atoms with Crippen molar-refractivity contribution in [3.05, 3.63) is 34.6 Å². The average Bonchev–Trinajstić information content (AvgIpc) is 2.48. The van der Waals surface area contributed by atoms with Crippen molar-refractivity contribution in [1.82, 2.24) is 5.32 Å². The van der Waals surface area contributed by atoms with Gasteiger partial charge in [0.15, 0.2) is 0 Å². The first kappa shape index (κ1) is 16.7. The molecule has 0 aliphatic carbocycles. The van der Waals surface area contributed by atoms with Gasteiger partial charge < -0.3 is 14.8 Å². The summed E-state index contributed by atoms with van der Waals surface area (Å²) in [4.78, 5) is 0. The van der Waals surface area contributed by atoms with Crippen LogP contribution in [0.3, 0.4) is 0 Å². The molecule has 1 N–H and O–H groups in total. The predicted octanol–water partition coefficient (Wildman–Crippen LogP) is 3.05. The fourth-order valence-electron chi connectivity index (χ4n) is 2.85. The summed E-state index contributed by atoms with van der Waals surface area (Å²) in [5, 5.41) is 3.83. The molecule has 1 atom stereocenters. The molecule has 2 rings (SSSR count). The Morgan fingerprint density at radius 2 is 2.33 bits per heavy atom. The average molecular weight is 316 g/mol. The number of ether oxygens (including phenoxy) is 2. The molecule has 1 aromatic carbocycles. The van der Waals surface area contributed by atoms with E-state index >= 15 is 0 Å². The Balaban J connectivity index is 2.04. The van der Waals surface area contributed by atoms with Crippen LogP contribution in [0.5, 0.6) is 0 Å². The molecule has 1 unspecified atom stereocenters. The van der Waals surface area contributed by atoms with Gasteiger partial charge in [-0.3, -0.25) is 0 Å². The lowest BCUT2D eigenvalue weighted by Crippen LogP contribution is -2.43. The minimum atomic E-state index is -0.232. The van der Waals surface area contributed by atoms with Crippen LogP contribution < -0.4 is 5.32 Å². The number of halogens is 2. The molecule has 0 aromatic heterocycles. The monoisotopic (exact) mass is 315 g/mol. The minimum absolute atomic E-state index is 0.0549. The predicted molar refractivity (Wildman–Crippen MR) is 82.3 cm³/mol. The molecule has 1 aliphatic rings. The van der Waals surface area contributed by atoms with Gasteiger partial charge in [0.25, 0.3) is 0 Å². The first-order valence-corrected chi connectivity index (χ1v) is 7.74. The number of hydrogen-bond acceptors (Lipinski definition) is 3. The number of rotatable bonds is 7. The summed E-state index contributed by atoms with van der Waals surface area (Å²) in [6.45, 7) is 3.73. The molecule has 1 fully saturated rings. The van der Waals surface area contributed by atoms with Crippen molar-refractivity contribution in [2.45, 2.75) is 19.3 Å². The van der Waals surface area contributed by atoms with E-state index in [1.165, 1.54) is 6.07 Å². The Kier molecular flexibility index (Phi) is 6.42. The number of methoxy groups -OCH3 is 1. The molecular formula is C16H23ClFNO2. The highest BCUT2D eigenvalue weighted by Crippen LogP contribution is 2.33. The Hall–Kier alpha value is -0.680. The van der Waals surface area contributed by atoms with E-state index in [9.17, 15) is 4.39 Å². The second kappa shape index (κ2) is 8.08. The fraction of sp³-hybridized carbons (Fsp3) is 0.625. The van der Waals surface area contributed by atoms with Gasteiger partial charge in [-0.1, -0.05) is 17.7 Å². The molecule has 0 saturated carbocycles. The molecule has 1 heterocycles. The molecule has 3 nitrogen and oxygen atoms in total. The molecular weight excluding hydrogens is 293 g/mol. The molecule has 0 spiro atoms. The van der Waals surface area contributed by atoms with E-state index in [1.807, 2.05) is 0 Å². The number of benzene rings is 1. The van der Waals surface area contributed by atoms with Crippen LogP contribution in [0.25, 0.3) is 0 Å². The maximum absolute atomic E-state index is 14.1. The zero-order valence-electron chi connectivity index (χ0n) is 12.5. The SMILES string of the molecule is COCCNCC1(Cc2ccc(Cl)cc2F)CCCOC1. The topological polar surface area (TPSA) is 30.5 Å². The van der Waals surface area contributed by atoms with Crippen molar-refractivity contribution in [3.8, 4) is 0 Å². The fourth-order valence-corrected chi connectivity index (χ4v) is 3.01. The first-order valence-electron chi connectivity index (χ1n) is 7.37. The van der Waals surface area contributed by atoms with Crippen LogP contribution in [-0.2, 0) is 15.9 Å². The largest absolute Gasteiger partial charge is 0.383 e. The number of hydrogen-bond donors (Lipinski definition) is 1. The van der Waals surface area contributed by atoms with E-state index in [0.29, 0.717) is 30.2 Å². The van der Waals surface area contributed by atoms with Crippen LogP contribution in [0.2, 0.25) is 5.02 Å². The highest BCUT2D eigenvalue weighted by atomic mass is 35.5. The second-order valence-corrected chi connectivity index (χ2v) is 6.17. The standard InChI is InChI=1S/C16H23ClFNO2/c1-20-8-6-19-11-16(5-2-7-21-12-16)10-13-3-4-14(17)9-15(13)18/h3-4,9,19H,2,5-8,10-12H2,1H3. The molecule has 1 aliphatic heterocycles. The Labute approximate surface area is 130 Å². The Morgan fingerprint density at radius 3 is 3.00 bits per heavy atom. The molecule has 1 aromatic rings. The van der Waals surface area contributed by atoms with Gasteiger partial charge in [-0.05, 0) is 37.0 Å². The molecule has 21 heavy (non-hydrogen) atoms.